The summed E-state index contributed by atoms with van der Waals surface area (Å²) in [5.74, 6) is 0. The molecular weight excluding hydrogens is 232 g/mol. The number of hydrogen-bond acceptors (Lipinski definition) is 4. The van der Waals surface area contributed by atoms with Crippen molar-refractivity contribution in [2.75, 3.05) is 6.54 Å². The van der Waals surface area contributed by atoms with Gasteiger partial charge in [0, 0.05) is 23.7 Å². The van der Waals surface area contributed by atoms with Crippen LogP contribution in [0, 0.1) is 6.92 Å². The van der Waals surface area contributed by atoms with Crippen LogP contribution in [0.15, 0.2) is 17.9 Å². The van der Waals surface area contributed by atoms with Gasteiger partial charge in [-0.3, -0.25) is 4.68 Å². The fourth-order valence-corrected chi connectivity index (χ4v) is 2.73. The van der Waals surface area contributed by atoms with Gasteiger partial charge in [-0.05, 0) is 19.9 Å². The van der Waals surface area contributed by atoms with Crippen molar-refractivity contribution in [3.8, 4) is 0 Å². The number of nitrogens with one attached hydrogen (secondary N) is 1. The Morgan fingerprint density at radius 2 is 2.35 bits per heavy atom. The minimum absolute atomic E-state index is 0.219. The third-order valence-corrected chi connectivity index (χ3v) is 3.70. The molecular formula is C12H18N4S. The molecule has 4 nitrogen and oxygen atoms in total. The summed E-state index contributed by atoms with van der Waals surface area (Å²) in [6.07, 6.45) is 5.10. The number of nitrogens with zero attached hydrogens (tertiary/aromatic N) is 3. The first-order valence-corrected chi connectivity index (χ1v) is 6.72. The first kappa shape index (κ1) is 12.3. The number of thiazole rings is 1. The molecule has 0 saturated heterocycles. The molecule has 92 valence electrons. The van der Waals surface area contributed by atoms with Crippen LogP contribution in [0.4, 0.5) is 0 Å². The lowest BCUT2D eigenvalue weighted by Crippen LogP contribution is -2.22. The fraction of sp³-hybridized carbons (Fsp3) is 0.500. The van der Waals surface area contributed by atoms with Crippen LogP contribution < -0.4 is 5.32 Å². The van der Waals surface area contributed by atoms with Crippen molar-refractivity contribution in [3.63, 3.8) is 0 Å². The number of hydrogen-bond donors (Lipinski definition) is 1. The van der Waals surface area contributed by atoms with E-state index >= 15 is 0 Å². The first-order chi connectivity index (χ1) is 8.22. The van der Waals surface area contributed by atoms with E-state index in [1.165, 1.54) is 10.4 Å². The van der Waals surface area contributed by atoms with Crippen LogP contribution in [0.25, 0.3) is 0 Å². The van der Waals surface area contributed by atoms with Gasteiger partial charge < -0.3 is 5.32 Å². The Bertz CT molecular complexity index is 474. The van der Waals surface area contributed by atoms with Gasteiger partial charge in [-0.25, -0.2) is 4.98 Å². The lowest BCUT2D eigenvalue weighted by atomic mass is 10.1. The predicted octanol–water partition coefficient (Wildman–Crippen LogP) is 2.27. The molecule has 0 saturated carbocycles. The van der Waals surface area contributed by atoms with Gasteiger partial charge in [0.25, 0.3) is 0 Å². The minimum Gasteiger partial charge on any atom is -0.305 e. The molecule has 2 rings (SSSR count). The third-order valence-electron chi connectivity index (χ3n) is 2.70. The van der Waals surface area contributed by atoms with Gasteiger partial charge in [-0.2, -0.15) is 5.10 Å². The highest BCUT2D eigenvalue weighted by atomic mass is 32.1. The van der Waals surface area contributed by atoms with E-state index < -0.39 is 0 Å². The van der Waals surface area contributed by atoms with Crippen molar-refractivity contribution in [2.24, 2.45) is 7.05 Å². The standard InChI is InChI=1S/C12H18N4S/c1-4-5-13-11(10-6-15-16(3)7-10)12-9(2)14-8-17-12/h6-8,11,13H,4-5H2,1-3H3. The zero-order valence-corrected chi connectivity index (χ0v) is 11.3. The zero-order valence-electron chi connectivity index (χ0n) is 10.5. The molecule has 0 fully saturated rings. The maximum atomic E-state index is 4.33. The van der Waals surface area contributed by atoms with E-state index in [1.807, 2.05) is 23.4 Å². The lowest BCUT2D eigenvalue weighted by molar-refractivity contribution is 0.602. The second-order valence-corrected chi connectivity index (χ2v) is 5.02. The van der Waals surface area contributed by atoms with Crippen LogP contribution in [0.3, 0.4) is 0 Å². The van der Waals surface area contributed by atoms with Crippen LogP contribution >= 0.6 is 11.3 Å². The molecule has 2 heterocycles. The summed E-state index contributed by atoms with van der Waals surface area (Å²) < 4.78 is 1.84. The number of aromatic nitrogens is 3. The van der Waals surface area contributed by atoms with Gasteiger partial charge in [-0.15, -0.1) is 11.3 Å². The van der Waals surface area contributed by atoms with Gasteiger partial charge in [0.15, 0.2) is 0 Å². The molecule has 5 heteroatoms. The number of aryl methyl sites for hydroxylation is 2. The molecule has 0 radical (unpaired) electrons. The monoisotopic (exact) mass is 250 g/mol. The normalized spacial score (nSPS) is 12.9. The second-order valence-electron chi connectivity index (χ2n) is 4.14. The Morgan fingerprint density at radius 1 is 1.53 bits per heavy atom. The van der Waals surface area contributed by atoms with E-state index in [0.717, 1.165) is 18.7 Å². The van der Waals surface area contributed by atoms with Crippen molar-refractivity contribution in [1.29, 1.82) is 0 Å². The largest absolute Gasteiger partial charge is 0.305 e. The Labute approximate surface area is 106 Å². The van der Waals surface area contributed by atoms with Gasteiger partial charge in [-0.1, -0.05) is 6.92 Å². The van der Waals surface area contributed by atoms with E-state index in [9.17, 15) is 0 Å². The van der Waals surface area contributed by atoms with E-state index in [-0.39, 0.29) is 6.04 Å². The van der Waals surface area contributed by atoms with Crippen LogP contribution in [-0.4, -0.2) is 21.3 Å². The molecule has 0 aliphatic carbocycles. The Hall–Kier alpha value is -1.20. The Kier molecular flexibility index (Phi) is 3.91. The summed E-state index contributed by atoms with van der Waals surface area (Å²) in [6, 6.07) is 0.219. The van der Waals surface area contributed by atoms with Crippen molar-refractivity contribution >= 4 is 11.3 Å². The summed E-state index contributed by atoms with van der Waals surface area (Å²) in [5.41, 5.74) is 4.21. The van der Waals surface area contributed by atoms with E-state index in [0.29, 0.717) is 0 Å². The zero-order chi connectivity index (χ0) is 12.3. The molecule has 1 N–H and O–H groups in total. The third kappa shape index (κ3) is 2.73. The SMILES string of the molecule is CCCNC(c1cnn(C)c1)c1scnc1C. The molecule has 0 aliphatic rings. The highest BCUT2D eigenvalue weighted by Gasteiger charge is 2.18. The maximum absolute atomic E-state index is 4.33. The fourth-order valence-electron chi connectivity index (χ4n) is 1.83. The highest BCUT2D eigenvalue weighted by Crippen LogP contribution is 2.27. The average Bonchev–Trinajstić information content (AvgIpc) is 2.90. The molecule has 1 atom stereocenters. The average molecular weight is 250 g/mol. The summed E-state index contributed by atoms with van der Waals surface area (Å²) in [4.78, 5) is 5.61. The topological polar surface area (TPSA) is 42.7 Å². The molecule has 0 amide bonds. The lowest BCUT2D eigenvalue weighted by Gasteiger charge is -2.16. The van der Waals surface area contributed by atoms with Crippen molar-refractivity contribution in [2.45, 2.75) is 26.3 Å². The molecule has 0 spiro atoms. The van der Waals surface area contributed by atoms with Gasteiger partial charge in [0.2, 0.25) is 0 Å². The molecule has 17 heavy (non-hydrogen) atoms. The van der Waals surface area contributed by atoms with Crippen molar-refractivity contribution in [3.05, 3.63) is 34.0 Å². The van der Waals surface area contributed by atoms with Crippen LogP contribution in [0.1, 0.15) is 35.5 Å². The van der Waals surface area contributed by atoms with E-state index in [2.05, 4.69) is 35.4 Å². The quantitative estimate of drug-likeness (QED) is 0.885. The molecule has 1 unspecified atom stereocenters. The summed E-state index contributed by atoms with van der Waals surface area (Å²) in [5, 5.41) is 7.81. The van der Waals surface area contributed by atoms with Crippen LogP contribution in [0.2, 0.25) is 0 Å². The molecule has 0 bridgehead atoms. The van der Waals surface area contributed by atoms with Gasteiger partial charge in [0.05, 0.1) is 23.4 Å². The Morgan fingerprint density at radius 3 is 2.88 bits per heavy atom. The van der Waals surface area contributed by atoms with Gasteiger partial charge >= 0.3 is 0 Å². The van der Waals surface area contributed by atoms with Crippen molar-refractivity contribution < 1.29 is 0 Å². The predicted molar refractivity (Wildman–Crippen MR) is 70.2 cm³/mol. The van der Waals surface area contributed by atoms with Crippen LogP contribution in [0.5, 0.6) is 0 Å². The maximum Gasteiger partial charge on any atom is 0.0798 e. The molecule has 2 aromatic heterocycles. The van der Waals surface area contributed by atoms with E-state index in [1.54, 1.807) is 11.3 Å². The molecule has 2 aromatic rings. The van der Waals surface area contributed by atoms with Crippen LogP contribution in [-0.2, 0) is 7.05 Å². The summed E-state index contributed by atoms with van der Waals surface area (Å²) >= 11 is 1.70. The first-order valence-electron chi connectivity index (χ1n) is 5.84. The van der Waals surface area contributed by atoms with Gasteiger partial charge in [0.1, 0.15) is 0 Å². The summed E-state index contributed by atoms with van der Waals surface area (Å²) in [6.45, 7) is 5.23. The molecule has 0 aromatic carbocycles. The number of rotatable bonds is 5. The summed E-state index contributed by atoms with van der Waals surface area (Å²) in [7, 11) is 1.94. The smallest absolute Gasteiger partial charge is 0.0798 e. The second kappa shape index (κ2) is 5.42. The minimum atomic E-state index is 0.219. The van der Waals surface area contributed by atoms with E-state index in [4.69, 9.17) is 0 Å². The Balaban J connectivity index is 2.28. The van der Waals surface area contributed by atoms with Crippen molar-refractivity contribution in [1.82, 2.24) is 20.1 Å². The highest BCUT2D eigenvalue weighted by molar-refractivity contribution is 7.09. The molecule has 0 aliphatic heterocycles.